The molecular weight excluding hydrogens is 356 g/mol. The quantitative estimate of drug-likeness (QED) is 0.717. The highest BCUT2D eigenvalue weighted by Crippen LogP contribution is 2.38. The number of benzene rings is 1. The maximum Gasteiger partial charge on any atom is 0.439 e. The molecule has 1 rings (SSSR count). The summed E-state index contributed by atoms with van der Waals surface area (Å²) in [5.74, 6) is -5.22. The zero-order chi connectivity index (χ0) is 15.0. The molecule has 0 saturated heterocycles. The molecule has 0 radical (unpaired) electrons. The van der Waals surface area contributed by atoms with Crippen molar-refractivity contribution in [2.45, 2.75) is 18.5 Å². The monoisotopic (exact) mass is 358 g/mol. The lowest BCUT2D eigenvalue weighted by Gasteiger charge is -2.23. The van der Waals surface area contributed by atoms with Gasteiger partial charge in [0.25, 0.3) is 6.17 Å². The highest BCUT2D eigenvalue weighted by atomic mass is 79.9. The summed E-state index contributed by atoms with van der Waals surface area (Å²) in [6.07, 6.45) is -16.1. The van der Waals surface area contributed by atoms with Gasteiger partial charge in [-0.2, -0.15) is 22.0 Å². The van der Waals surface area contributed by atoms with Crippen LogP contribution in [0.1, 0.15) is 0 Å². The topological polar surface area (TPSA) is 9.23 Å². The highest BCUT2D eigenvalue weighted by Gasteiger charge is 2.59. The predicted molar refractivity (Wildman–Crippen MR) is 50.6 cm³/mol. The second-order valence-corrected chi connectivity index (χ2v) is 4.18. The van der Waals surface area contributed by atoms with E-state index in [1.54, 1.807) is 0 Å². The number of alkyl halides is 6. The summed E-state index contributed by atoms with van der Waals surface area (Å²) in [5, 5.41) is 0. The van der Waals surface area contributed by atoms with Gasteiger partial charge in [0, 0.05) is 4.47 Å². The van der Waals surface area contributed by atoms with Crippen molar-refractivity contribution >= 4 is 15.9 Å². The number of hydrogen-bond acceptors (Lipinski definition) is 1. The summed E-state index contributed by atoms with van der Waals surface area (Å²) >= 11 is 2.61. The van der Waals surface area contributed by atoms with Crippen molar-refractivity contribution in [3.63, 3.8) is 0 Å². The predicted octanol–water partition coefficient (Wildman–Crippen LogP) is 4.60. The van der Waals surface area contributed by atoms with Gasteiger partial charge in [0.05, 0.1) is 0 Å². The Labute approximate surface area is 109 Å². The Morgan fingerprint density at radius 2 is 1.42 bits per heavy atom. The van der Waals surface area contributed by atoms with Crippen LogP contribution in [0, 0.1) is 11.6 Å². The maximum absolute atomic E-state index is 13.1. The molecule has 0 fully saturated rings. The summed E-state index contributed by atoms with van der Waals surface area (Å²) < 4.78 is 103. The van der Waals surface area contributed by atoms with E-state index < -0.39 is 35.8 Å². The largest absolute Gasteiger partial charge is 0.439 e. The lowest BCUT2D eigenvalue weighted by molar-refractivity contribution is -0.306. The third kappa shape index (κ3) is 3.71. The maximum atomic E-state index is 13.1. The molecule has 0 amide bonds. The second-order valence-electron chi connectivity index (χ2n) is 3.27. The number of hydrogen-bond donors (Lipinski definition) is 0. The van der Waals surface area contributed by atoms with Crippen LogP contribution in [-0.2, 0) is 0 Å². The molecule has 1 aromatic carbocycles. The summed E-state index contributed by atoms with van der Waals surface area (Å²) in [7, 11) is 0. The smallest absolute Gasteiger partial charge is 0.424 e. The van der Waals surface area contributed by atoms with Crippen LogP contribution in [0.4, 0.5) is 35.1 Å². The van der Waals surface area contributed by atoms with Crippen LogP contribution in [0.15, 0.2) is 16.6 Å². The molecule has 0 spiro atoms. The van der Waals surface area contributed by atoms with Gasteiger partial charge in [-0.1, -0.05) is 15.9 Å². The molecule has 0 aromatic heterocycles. The standard InChI is InChI=1S/C9H3BrF8O/c10-3-1-4(11)6(5(12)2-3)19-9(17,18)7(13)8(14,15)16/h1-2,7H/t7-/m0/s1. The van der Waals surface area contributed by atoms with E-state index in [0.717, 1.165) is 0 Å². The van der Waals surface area contributed by atoms with Crippen LogP contribution < -0.4 is 4.74 Å². The van der Waals surface area contributed by atoms with Gasteiger partial charge in [0.2, 0.25) is 0 Å². The van der Waals surface area contributed by atoms with Crippen molar-refractivity contribution < 1.29 is 39.9 Å². The van der Waals surface area contributed by atoms with Gasteiger partial charge < -0.3 is 4.74 Å². The molecule has 0 saturated carbocycles. The molecule has 0 heterocycles. The van der Waals surface area contributed by atoms with Gasteiger partial charge in [-0.15, -0.1) is 0 Å². The van der Waals surface area contributed by atoms with Crippen LogP contribution in [-0.4, -0.2) is 18.5 Å². The average Bonchev–Trinajstić information content (AvgIpc) is 2.21. The lowest BCUT2D eigenvalue weighted by Crippen LogP contribution is -2.46. The fourth-order valence-corrected chi connectivity index (χ4v) is 1.41. The molecule has 1 atom stereocenters. The van der Waals surface area contributed by atoms with Gasteiger partial charge in [0.1, 0.15) is 0 Å². The first-order valence-electron chi connectivity index (χ1n) is 4.37. The van der Waals surface area contributed by atoms with Crippen molar-refractivity contribution in [1.29, 1.82) is 0 Å². The normalized spacial score (nSPS) is 14.4. The Morgan fingerprint density at radius 3 is 1.79 bits per heavy atom. The molecule has 0 N–H and O–H groups in total. The summed E-state index contributed by atoms with van der Waals surface area (Å²) in [5.41, 5.74) is 0. The Balaban J connectivity index is 3.09. The van der Waals surface area contributed by atoms with E-state index in [1.807, 2.05) is 0 Å². The molecule has 0 unspecified atom stereocenters. The molecule has 1 nitrogen and oxygen atoms in total. The van der Waals surface area contributed by atoms with E-state index >= 15 is 0 Å². The number of halogens is 9. The zero-order valence-corrected chi connectivity index (χ0v) is 10.1. The molecule has 10 heteroatoms. The van der Waals surface area contributed by atoms with Crippen molar-refractivity contribution in [3.05, 3.63) is 28.2 Å². The van der Waals surface area contributed by atoms with Gasteiger partial charge in [-0.05, 0) is 12.1 Å². The lowest BCUT2D eigenvalue weighted by atomic mass is 10.3. The van der Waals surface area contributed by atoms with E-state index in [9.17, 15) is 35.1 Å². The molecule has 19 heavy (non-hydrogen) atoms. The Morgan fingerprint density at radius 1 is 1.00 bits per heavy atom. The first-order chi connectivity index (χ1) is 8.45. The van der Waals surface area contributed by atoms with Crippen molar-refractivity contribution in [1.82, 2.24) is 0 Å². The molecular formula is C9H3BrF8O. The first-order valence-corrected chi connectivity index (χ1v) is 5.16. The highest BCUT2D eigenvalue weighted by molar-refractivity contribution is 9.10. The second kappa shape index (κ2) is 5.14. The third-order valence-corrected chi connectivity index (χ3v) is 2.24. The number of rotatable bonds is 3. The van der Waals surface area contributed by atoms with Crippen LogP contribution in [0.25, 0.3) is 0 Å². The van der Waals surface area contributed by atoms with Gasteiger partial charge in [0.15, 0.2) is 17.4 Å². The van der Waals surface area contributed by atoms with E-state index in [0.29, 0.717) is 12.1 Å². The van der Waals surface area contributed by atoms with Crippen molar-refractivity contribution in [3.8, 4) is 5.75 Å². The Bertz CT molecular complexity index is 449. The molecule has 0 aliphatic heterocycles. The minimum absolute atomic E-state index is 0.203. The Kier molecular flexibility index (Phi) is 4.33. The first kappa shape index (κ1) is 16.0. The minimum Gasteiger partial charge on any atom is -0.424 e. The van der Waals surface area contributed by atoms with E-state index in [4.69, 9.17) is 0 Å². The van der Waals surface area contributed by atoms with E-state index in [2.05, 4.69) is 20.7 Å². The summed E-state index contributed by atoms with van der Waals surface area (Å²) in [4.78, 5) is 0. The molecule has 0 aliphatic carbocycles. The molecule has 0 aliphatic rings. The molecule has 1 aromatic rings. The van der Waals surface area contributed by atoms with Crippen LogP contribution in [0.3, 0.4) is 0 Å². The average molecular weight is 359 g/mol. The molecule has 108 valence electrons. The van der Waals surface area contributed by atoms with Crippen LogP contribution in [0.5, 0.6) is 5.75 Å². The fourth-order valence-electron chi connectivity index (χ4n) is 1.00. The van der Waals surface area contributed by atoms with Crippen molar-refractivity contribution in [2.24, 2.45) is 0 Å². The van der Waals surface area contributed by atoms with E-state index in [1.165, 1.54) is 0 Å². The van der Waals surface area contributed by atoms with Crippen LogP contribution >= 0.6 is 15.9 Å². The zero-order valence-electron chi connectivity index (χ0n) is 8.54. The fraction of sp³-hybridized carbons (Fsp3) is 0.333. The summed E-state index contributed by atoms with van der Waals surface area (Å²) in [6.45, 7) is 0. The third-order valence-electron chi connectivity index (χ3n) is 1.78. The minimum atomic E-state index is -5.94. The number of ether oxygens (including phenoxy) is 1. The van der Waals surface area contributed by atoms with Gasteiger partial charge in [-0.3, -0.25) is 0 Å². The summed E-state index contributed by atoms with van der Waals surface area (Å²) in [6, 6.07) is 0.935. The Hall–Kier alpha value is -1.06. The molecule has 0 bridgehead atoms. The SMILES string of the molecule is Fc1cc(Br)cc(F)c1OC(F)(F)[C@@H](F)C(F)(F)F. The van der Waals surface area contributed by atoms with E-state index in [-0.39, 0.29) is 4.47 Å². The van der Waals surface area contributed by atoms with Crippen LogP contribution in [0.2, 0.25) is 0 Å². The van der Waals surface area contributed by atoms with Gasteiger partial charge >= 0.3 is 12.3 Å². The van der Waals surface area contributed by atoms with Gasteiger partial charge in [-0.25, -0.2) is 13.2 Å². The van der Waals surface area contributed by atoms with Crippen molar-refractivity contribution in [2.75, 3.05) is 0 Å².